The monoisotopic (exact) mass is 396 g/mol. The Labute approximate surface area is 180 Å². The van der Waals surface area contributed by atoms with Gasteiger partial charge in [0.05, 0.1) is 28.4 Å². The van der Waals surface area contributed by atoms with Gasteiger partial charge in [-0.3, -0.25) is 0 Å². The molecule has 0 atom stereocenters. The number of aromatic nitrogens is 3. The molecule has 0 aliphatic rings. The average Bonchev–Trinajstić information content (AvgIpc) is 3.33. The van der Waals surface area contributed by atoms with E-state index in [1.807, 2.05) is 72.9 Å². The molecular weight excluding hydrogens is 380 g/mol. The van der Waals surface area contributed by atoms with Crippen molar-refractivity contribution in [1.29, 1.82) is 5.26 Å². The van der Waals surface area contributed by atoms with E-state index in [2.05, 4.69) is 34.6 Å². The maximum atomic E-state index is 8.99. The summed E-state index contributed by atoms with van der Waals surface area (Å²) < 4.78 is 2.09. The molecule has 144 valence electrons. The summed E-state index contributed by atoms with van der Waals surface area (Å²) in [5, 5.41) is 8.99. The Kier molecular flexibility index (Phi) is 4.73. The van der Waals surface area contributed by atoms with Gasteiger partial charge in [-0.05, 0) is 66.6 Å². The zero-order valence-corrected chi connectivity index (χ0v) is 16.5. The molecule has 0 aliphatic carbocycles. The molecule has 0 fully saturated rings. The van der Waals surface area contributed by atoms with Crippen molar-refractivity contribution in [1.82, 2.24) is 14.5 Å². The molecule has 0 unspecified atom stereocenters. The van der Waals surface area contributed by atoms with E-state index in [0.29, 0.717) is 11.3 Å². The summed E-state index contributed by atoms with van der Waals surface area (Å²) in [6.45, 7) is 0. The Bertz CT molecular complexity index is 1480. The van der Waals surface area contributed by atoms with E-state index >= 15 is 0 Å². The summed E-state index contributed by atoms with van der Waals surface area (Å²) >= 11 is 0. The molecule has 0 spiro atoms. The van der Waals surface area contributed by atoms with Gasteiger partial charge in [-0.1, -0.05) is 36.3 Å². The van der Waals surface area contributed by atoms with E-state index < -0.39 is 0 Å². The second kappa shape index (κ2) is 7.99. The number of nitrogens with zero attached hydrogens (tertiary/aromatic N) is 4. The van der Waals surface area contributed by atoms with Gasteiger partial charge in [-0.25, -0.2) is 9.97 Å². The van der Waals surface area contributed by atoms with Crippen LogP contribution in [0.2, 0.25) is 0 Å². The summed E-state index contributed by atoms with van der Waals surface area (Å²) in [5.41, 5.74) is 6.36. The van der Waals surface area contributed by atoms with E-state index in [4.69, 9.17) is 15.2 Å². The van der Waals surface area contributed by atoms with Crippen molar-refractivity contribution in [3.63, 3.8) is 0 Å². The van der Waals surface area contributed by atoms with Crippen LogP contribution >= 0.6 is 0 Å². The van der Waals surface area contributed by atoms with Gasteiger partial charge in [-0.15, -0.1) is 0 Å². The molecule has 2 aromatic heterocycles. The van der Waals surface area contributed by atoms with Gasteiger partial charge in [0.15, 0.2) is 0 Å². The molecule has 4 nitrogen and oxygen atoms in total. The van der Waals surface area contributed by atoms with Gasteiger partial charge in [0.2, 0.25) is 0 Å². The predicted octanol–water partition coefficient (Wildman–Crippen LogP) is 5.36. The third kappa shape index (κ3) is 3.67. The van der Waals surface area contributed by atoms with Crippen LogP contribution in [0.15, 0.2) is 97.2 Å². The standard InChI is InChI=1S/C27H16N4/c28-19-21-14-12-20(13-15-21)16-17-25-27(30-24-10-5-4-9-23(24)29-25)26-11-6-18-31(26)22-7-2-1-3-8-22/h1-15,18H. The molecule has 0 aliphatic heterocycles. The Hall–Kier alpha value is -4.67. The molecule has 0 bridgehead atoms. The number of hydrogen-bond donors (Lipinski definition) is 0. The first-order valence-corrected chi connectivity index (χ1v) is 9.84. The summed E-state index contributed by atoms with van der Waals surface area (Å²) in [5.74, 6) is 6.37. The lowest BCUT2D eigenvalue weighted by Crippen LogP contribution is -2.01. The molecule has 0 radical (unpaired) electrons. The van der Waals surface area contributed by atoms with Crippen LogP contribution in [0.1, 0.15) is 16.8 Å². The Morgan fingerprint density at radius 2 is 1.32 bits per heavy atom. The maximum Gasteiger partial charge on any atom is 0.142 e. The molecule has 0 N–H and O–H groups in total. The largest absolute Gasteiger partial charge is 0.315 e. The molecule has 0 saturated carbocycles. The normalized spacial score (nSPS) is 10.3. The lowest BCUT2D eigenvalue weighted by molar-refractivity contribution is 1.07. The molecule has 2 heterocycles. The summed E-state index contributed by atoms with van der Waals surface area (Å²) in [6.07, 6.45) is 2.01. The van der Waals surface area contributed by atoms with Gasteiger partial charge in [-0.2, -0.15) is 5.26 Å². The highest BCUT2D eigenvalue weighted by atomic mass is 15.0. The number of para-hydroxylation sites is 3. The van der Waals surface area contributed by atoms with Crippen LogP contribution in [0, 0.1) is 23.2 Å². The van der Waals surface area contributed by atoms with Gasteiger partial charge in [0.1, 0.15) is 11.4 Å². The van der Waals surface area contributed by atoms with Gasteiger partial charge >= 0.3 is 0 Å². The predicted molar refractivity (Wildman–Crippen MR) is 121 cm³/mol. The minimum Gasteiger partial charge on any atom is -0.315 e. The molecule has 5 aromatic rings. The Balaban J connectivity index is 1.68. The quantitative estimate of drug-likeness (QED) is 0.378. The fraction of sp³-hybridized carbons (Fsp3) is 0. The van der Waals surface area contributed by atoms with Crippen molar-refractivity contribution in [3.05, 3.63) is 114 Å². The van der Waals surface area contributed by atoms with Crippen LogP contribution in [0.25, 0.3) is 28.1 Å². The third-order valence-corrected chi connectivity index (χ3v) is 4.94. The first kappa shape index (κ1) is 18.4. The Morgan fingerprint density at radius 1 is 0.645 bits per heavy atom. The van der Waals surface area contributed by atoms with Crippen molar-refractivity contribution in [3.8, 4) is 35.0 Å². The molecule has 4 heteroatoms. The van der Waals surface area contributed by atoms with Gasteiger partial charge in [0.25, 0.3) is 0 Å². The lowest BCUT2D eigenvalue weighted by atomic mass is 10.1. The lowest BCUT2D eigenvalue weighted by Gasteiger charge is -2.11. The molecule has 31 heavy (non-hydrogen) atoms. The number of hydrogen-bond acceptors (Lipinski definition) is 3. The minimum absolute atomic E-state index is 0.609. The van der Waals surface area contributed by atoms with E-state index in [1.54, 1.807) is 12.1 Å². The molecule has 0 saturated heterocycles. The zero-order chi connectivity index (χ0) is 21.0. The highest BCUT2D eigenvalue weighted by Crippen LogP contribution is 2.26. The van der Waals surface area contributed by atoms with E-state index in [0.717, 1.165) is 33.7 Å². The fourth-order valence-corrected chi connectivity index (χ4v) is 3.41. The second-order valence-electron chi connectivity index (χ2n) is 6.95. The highest BCUT2D eigenvalue weighted by Gasteiger charge is 2.14. The fourth-order valence-electron chi connectivity index (χ4n) is 3.41. The summed E-state index contributed by atoms with van der Waals surface area (Å²) in [6, 6.07) is 31.3. The smallest absolute Gasteiger partial charge is 0.142 e. The van der Waals surface area contributed by atoms with Crippen LogP contribution in [0.4, 0.5) is 0 Å². The third-order valence-electron chi connectivity index (χ3n) is 4.94. The van der Waals surface area contributed by atoms with Crippen LogP contribution in [0.5, 0.6) is 0 Å². The van der Waals surface area contributed by atoms with Crippen molar-refractivity contribution in [2.24, 2.45) is 0 Å². The van der Waals surface area contributed by atoms with Crippen LogP contribution in [-0.2, 0) is 0 Å². The molecule has 5 rings (SSSR count). The van der Waals surface area contributed by atoms with Crippen LogP contribution < -0.4 is 0 Å². The highest BCUT2D eigenvalue weighted by molar-refractivity contribution is 5.79. The minimum atomic E-state index is 0.609. The number of nitriles is 1. The van der Waals surface area contributed by atoms with Crippen LogP contribution in [0.3, 0.4) is 0 Å². The molecule has 0 amide bonds. The van der Waals surface area contributed by atoms with Crippen molar-refractivity contribution >= 4 is 11.0 Å². The summed E-state index contributed by atoms with van der Waals surface area (Å²) in [7, 11) is 0. The van der Waals surface area contributed by atoms with E-state index in [1.165, 1.54) is 0 Å². The van der Waals surface area contributed by atoms with E-state index in [9.17, 15) is 0 Å². The van der Waals surface area contributed by atoms with Crippen molar-refractivity contribution in [2.45, 2.75) is 0 Å². The number of benzene rings is 3. The van der Waals surface area contributed by atoms with E-state index in [-0.39, 0.29) is 0 Å². The second-order valence-corrected chi connectivity index (χ2v) is 6.95. The first-order valence-electron chi connectivity index (χ1n) is 9.84. The Morgan fingerprint density at radius 3 is 2.06 bits per heavy atom. The molecule has 3 aromatic carbocycles. The van der Waals surface area contributed by atoms with Gasteiger partial charge < -0.3 is 4.57 Å². The topological polar surface area (TPSA) is 54.5 Å². The van der Waals surface area contributed by atoms with Crippen molar-refractivity contribution < 1.29 is 0 Å². The first-order chi connectivity index (χ1) is 15.3. The average molecular weight is 396 g/mol. The maximum absolute atomic E-state index is 8.99. The summed E-state index contributed by atoms with van der Waals surface area (Å²) in [4.78, 5) is 9.73. The van der Waals surface area contributed by atoms with Crippen LogP contribution in [-0.4, -0.2) is 14.5 Å². The number of fused-ring (bicyclic) bond motifs is 1. The van der Waals surface area contributed by atoms with Crippen molar-refractivity contribution in [2.75, 3.05) is 0 Å². The number of rotatable bonds is 2. The molecular formula is C27H16N4. The van der Waals surface area contributed by atoms with Gasteiger partial charge in [0, 0.05) is 17.4 Å². The SMILES string of the molecule is N#Cc1ccc(C#Cc2nc3ccccc3nc2-c2cccn2-c2ccccc2)cc1. The zero-order valence-electron chi connectivity index (χ0n) is 16.5.